The predicted octanol–water partition coefficient (Wildman–Crippen LogP) is 3.49. The summed E-state index contributed by atoms with van der Waals surface area (Å²) in [5, 5.41) is 4.13. The highest BCUT2D eigenvalue weighted by molar-refractivity contribution is 7.08. The Morgan fingerprint density at radius 2 is 1.83 bits per heavy atom. The molecule has 0 N–H and O–H groups in total. The summed E-state index contributed by atoms with van der Waals surface area (Å²) < 4.78 is 9.12. The van der Waals surface area contributed by atoms with Crippen LogP contribution < -0.4 is 4.74 Å². The van der Waals surface area contributed by atoms with E-state index in [0.717, 1.165) is 28.4 Å². The number of amides is 1. The second-order valence-corrected chi connectivity index (χ2v) is 6.08. The Hall–Kier alpha value is -2.73. The van der Waals surface area contributed by atoms with Crippen molar-refractivity contribution < 1.29 is 9.53 Å². The lowest BCUT2D eigenvalue weighted by atomic mass is 10.1. The van der Waals surface area contributed by atoms with Crippen LogP contribution in [-0.4, -0.2) is 34.6 Å². The van der Waals surface area contributed by atoms with Gasteiger partial charge in [-0.15, -0.1) is 5.10 Å². The SMILES string of the molecule is COc1ccc(-c2nnsc2C(=O)N(C)Cc2ccccc2)cc1. The first-order valence-electron chi connectivity index (χ1n) is 7.45. The quantitative estimate of drug-likeness (QED) is 0.714. The summed E-state index contributed by atoms with van der Waals surface area (Å²) in [6.45, 7) is 0.541. The molecule has 0 atom stereocenters. The molecule has 122 valence electrons. The second kappa shape index (κ2) is 7.23. The van der Waals surface area contributed by atoms with Gasteiger partial charge in [-0.25, -0.2) is 0 Å². The predicted molar refractivity (Wildman–Crippen MR) is 94.1 cm³/mol. The zero-order valence-electron chi connectivity index (χ0n) is 13.5. The molecule has 3 rings (SSSR count). The molecule has 2 aromatic carbocycles. The van der Waals surface area contributed by atoms with Gasteiger partial charge < -0.3 is 9.64 Å². The van der Waals surface area contributed by atoms with Crippen molar-refractivity contribution >= 4 is 17.4 Å². The number of aromatic nitrogens is 2. The highest BCUT2D eigenvalue weighted by Crippen LogP contribution is 2.27. The van der Waals surface area contributed by atoms with Gasteiger partial charge in [0.2, 0.25) is 0 Å². The number of carbonyl (C=O) groups is 1. The molecule has 0 unspecified atom stereocenters. The van der Waals surface area contributed by atoms with Gasteiger partial charge in [0.15, 0.2) is 0 Å². The van der Waals surface area contributed by atoms with Crippen molar-refractivity contribution in [1.82, 2.24) is 14.5 Å². The number of hydrogen-bond acceptors (Lipinski definition) is 5. The van der Waals surface area contributed by atoms with E-state index in [9.17, 15) is 4.79 Å². The van der Waals surface area contributed by atoms with E-state index in [1.807, 2.05) is 54.6 Å². The Kier molecular flexibility index (Phi) is 4.86. The molecule has 5 nitrogen and oxygen atoms in total. The van der Waals surface area contributed by atoms with Crippen LogP contribution in [0.15, 0.2) is 54.6 Å². The van der Waals surface area contributed by atoms with E-state index in [-0.39, 0.29) is 5.91 Å². The van der Waals surface area contributed by atoms with E-state index >= 15 is 0 Å². The van der Waals surface area contributed by atoms with Crippen molar-refractivity contribution in [2.24, 2.45) is 0 Å². The Bertz CT molecular complexity index is 816. The van der Waals surface area contributed by atoms with E-state index in [2.05, 4.69) is 9.59 Å². The lowest BCUT2D eigenvalue weighted by molar-refractivity contribution is 0.0790. The molecule has 0 radical (unpaired) electrons. The summed E-state index contributed by atoms with van der Waals surface area (Å²) in [5.41, 5.74) is 2.53. The first-order valence-corrected chi connectivity index (χ1v) is 8.22. The smallest absolute Gasteiger partial charge is 0.267 e. The van der Waals surface area contributed by atoms with Crippen LogP contribution in [-0.2, 0) is 6.54 Å². The number of methoxy groups -OCH3 is 1. The van der Waals surface area contributed by atoms with Crippen molar-refractivity contribution in [2.75, 3.05) is 14.2 Å². The monoisotopic (exact) mass is 339 g/mol. The fourth-order valence-electron chi connectivity index (χ4n) is 2.37. The summed E-state index contributed by atoms with van der Waals surface area (Å²) in [5.74, 6) is 0.677. The van der Waals surface area contributed by atoms with E-state index < -0.39 is 0 Å². The molecule has 1 amide bonds. The van der Waals surface area contributed by atoms with Crippen molar-refractivity contribution in [3.05, 3.63) is 65.0 Å². The van der Waals surface area contributed by atoms with Gasteiger partial charge in [0.25, 0.3) is 5.91 Å². The first kappa shape index (κ1) is 16.1. The molecule has 0 aliphatic carbocycles. The molecule has 0 aliphatic rings. The van der Waals surface area contributed by atoms with Gasteiger partial charge in [0.05, 0.1) is 7.11 Å². The minimum Gasteiger partial charge on any atom is -0.497 e. The third kappa shape index (κ3) is 3.44. The molecule has 0 aliphatic heterocycles. The molecule has 0 fully saturated rings. The van der Waals surface area contributed by atoms with E-state index in [4.69, 9.17) is 4.74 Å². The van der Waals surface area contributed by atoms with Crippen LogP contribution in [0.1, 0.15) is 15.2 Å². The van der Waals surface area contributed by atoms with Crippen LogP contribution in [0, 0.1) is 0 Å². The first-order chi connectivity index (χ1) is 11.7. The lowest BCUT2D eigenvalue weighted by Crippen LogP contribution is -2.25. The maximum atomic E-state index is 12.8. The van der Waals surface area contributed by atoms with Gasteiger partial charge >= 0.3 is 0 Å². The van der Waals surface area contributed by atoms with Gasteiger partial charge in [0, 0.05) is 19.2 Å². The fraction of sp³-hybridized carbons (Fsp3) is 0.167. The molecular formula is C18H17N3O2S. The Labute approximate surface area is 144 Å². The molecule has 24 heavy (non-hydrogen) atoms. The standard InChI is InChI=1S/C18H17N3O2S/c1-21(12-13-6-4-3-5-7-13)18(22)17-16(19-20-24-17)14-8-10-15(23-2)11-9-14/h3-11H,12H2,1-2H3. The normalized spacial score (nSPS) is 10.4. The largest absolute Gasteiger partial charge is 0.497 e. The Balaban J connectivity index is 1.82. The van der Waals surface area contributed by atoms with Gasteiger partial charge in [-0.1, -0.05) is 34.8 Å². The molecule has 6 heteroatoms. The van der Waals surface area contributed by atoms with Crippen LogP contribution in [0.25, 0.3) is 11.3 Å². The Morgan fingerprint density at radius 3 is 2.50 bits per heavy atom. The molecule has 1 heterocycles. The molecule has 1 aromatic heterocycles. The van der Waals surface area contributed by atoms with Gasteiger partial charge in [0.1, 0.15) is 16.3 Å². The topological polar surface area (TPSA) is 55.3 Å². The fourth-order valence-corrected chi connectivity index (χ4v) is 3.05. The van der Waals surface area contributed by atoms with Crippen LogP contribution >= 0.6 is 11.5 Å². The van der Waals surface area contributed by atoms with Crippen molar-refractivity contribution in [2.45, 2.75) is 6.54 Å². The minimum atomic E-state index is -0.0836. The number of nitrogens with zero attached hydrogens (tertiary/aromatic N) is 3. The van der Waals surface area contributed by atoms with E-state index in [0.29, 0.717) is 17.1 Å². The number of carbonyl (C=O) groups excluding carboxylic acids is 1. The second-order valence-electron chi connectivity index (χ2n) is 5.33. The maximum absolute atomic E-state index is 12.8. The molecule has 0 bridgehead atoms. The number of ether oxygens (including phenoxy) is 1. The van der Waals surface area contributed by atoms with E-state index in [1.165, 1.54) is 0 Å². The van der Waals surface area contributed by atoms with Gasteiger partial charge in [-0.3, -0.25) is 4.79 Å². The number of rotatable bonds is 5. The van der Waals surface area contributed by atoms with E-state index in [1.54, 1.807) is 19.1 Å². The zero-order chi connectivity index (χ0) is 16.9. The maximum Gasteiger partial charge on any atom is 0.267 e. The molecule has 0 spiro atoms. The lowest BCUT2D eigenvalue weighted by Gasteiger charge is -2.16. The van der Waals surface area contributed by atoms with Crippen LogP contribution in [0.4, 0.5) is 0 Å². The third-order valence-electron chi connectivity index (χ3n) is 3.65. The average molecular weight is 339 g/mol. The van der Waals surface area contributed by atoms with Crippen LogP contribution in [0.5, 0.6) is 5.75 Å². The molecule has 3 aromatic rings. The number of hydrogen-bond donors (Lipinski definition) is 0. The average Bonchev–Trinajstić information content (AvgIpc) is 3.11. The summed E-state index contributed by atoms with van der Waals surface area (Å²) in [6, 6.07) is 17.3. The molecule has 0 saturated heterocycles. The van der Waals surface area contributed by atoms with Crippen molar-refractivity contribution in [3.8, 4) is 17.0 Å². The zero-order valence-corrected chi connectivity index (χ0v) is 14.3. The van der Waals surface area contributed by atoms with Gasteiger partial charge in [-0.05, 0) is 41.4 Å². The summed E-state index contributed by atoms with van der Waals surface area (Å²) in [7, 11) is 3.40. The molecular weight excluding hydrogens is 322 g/mol. The third-order valence-corrected chi connectivity index (χ3v) is 4.37. The van der Waals surface area contributed by atoms with Crippen LogP contribution in [0.2, 0.25) is 0 Å². The van der Waals surface area contributed by atoms with Crippen molar-refractivity contribution in [3.63, 3.8) is 0 Å². The van der Waals surface area contributed by atoms with Crippen LogP contribution in [0.3, 0.4) is 0 Å². The number of benzene rings is 2. The highest BCUT2D eigenvalue weighted by atomic mass is 32.1. The highest BCUT2D eigenvalue weighted by Gasteiger charge is 2.21. The Morgan fingerprint density at radius 1 is 1.12 bits per heavy atom. The molecule has 0 saturated carbocycles. The summed E-state index contributed by atoms with van der Waals surface area (Å²) in [6.07, 6.45) is 0. The summed E-state index contributed by atoms with van der Waals surface area (Å²) in [4.78, 5) is 15.0. The minimum absolute atomic E-state index is 0.0836. The van der Waals surface area contributed by atoms with Crippen molar-refractivity contribution in [1.29, 1.82) is 0 Å². The summed E-state index contributed by atoms with van der Waals surface area (Å²) >= 11 is 1.12. The van der Waals surface area contributed by atoms with Gasteiger partial charge in [-0.2, -0.15) is 0 Å².